The van der Waals surface area contributed by atoms with Crippen LogP contribution < -0.4 is 10.1 Å². The minimum atomic E-state index is -0.425. The Balaban J connectivity index is 1.80. The van der Waals surface area contributed by atoms with E-state index in [1.807, 2.05) is 0 Å². The van der Waals surface area contributed by atoms with Crippen LogP contribution >= 0.6 is 15.9 Å². The molecule has 1 aliphatic carbocycles. The average Bonchev–Trinajstić information content (AvgIpc) is 3.14. The van der Waals surface area contributed by atoms with Gasteiger partial charge in [-0.05, 0) is 47.8 Å². The van der Waals surface area contributed by atoms with E-state index in [0.717, 1.165) is 13.0 Å². The number of halogens is 1. The summed E-state index contributed by atoms with van der Waals surface area (Å²) in [6, 6.07) is 5.51. The molecule has 98 valence electrons. The van der Waals surface area contributed by atoms with Crippen molar-refractivity contribution in [2.24, 2.45) is 0 Å². The van der Waals surface area contributed by atoms with Crippen molar-refractivity contribution in [3.63, 3.8) is 0 Å². The van der Waals surface area contributed by atoms with Crippen LogP contribution in [0.2, 0.25) is 0 Å². The number of hydrogen-bond acceptors (Lipinski definition) is 4. The summed E-state index contributed by atoms with van der Waals surface area (Å²) in [5.41, 5.74) is 0.0311. The monoisotopic (exact) mass is 314 g/mol. The number of rotatable bonds is 7. The molecule has 18 heavy (non-hydrogen) atoms. The molecule has 1 aliphatic rings. The summed E-state index contributed by atoms with van der Waals surface area (Å²) in [6.45, 7) is 1.48. The van der Waals surface area contributed by atoms with Gasteiger partial charge in [0, 0.05) is 12.1 Å². The fourth-order valence-corrected chi connectivity index (χ4v) is 2.12. The van der Waals surface area contributed by atoms with E-state index in [9.17, 15) is 10.1 Å². The molecule has 1 saturated carbocycles. The number of nitrogens with one attached hydrogen (secondary N) is 1. The molecule has 0 atom stereocenters. The molecule has 2 rings (SSSR count). The first kappa shape index (κ1) is 13.3. The SMILES string of the molecule is O=[N+]([O-])c1cccc(OCCCNC2CC2)c1Br. The molecular weight excluding hydrogens is 300 g/mol. The molecule has 1 aromatic carbocycles. The van der Waals surface area contributed by atoms with Gasteiger partial charge in [0.25, 0.3) is 5.69 Å². The summed E-state index contributed by atoms with van der Waals surface area (Å²) >= 11 is 3.20. The predicted octanol–water partition coefficient (Wildman–Crippen LogP) is 2.88. The highest BCUT2D eigenvalue weighted by molar-refractivity contribution is 9.10. The van der Waals surface area contributed by atoms with Crippen molar-refractivity contribution in [1.82, 2.24) is 5.32 Å². The first-order chi connectivity index (χ1) is 8.68. The Labute approximate surface area is 114 Å². The van der Waals surface area contributed by atoms with Gasteiger partial charge in [-0.1, -0.05) is 6.07 Å². The number of nitrogens with zero attached hydrogens (tertiary/aromatic N) is 1. The lowest BCUT2D eigenvalue weighted by atomic mass is 10.3. The summed E-state index contributed by atoms with van der Waals surface area (Å²) in [4.78, 5) is 10.3. The summed E-state index contributed by atoms with van der Waals surface area (Å²) in [7, 11) is 0. The maximum atomic E-state index is 10.7. The van der Waals surface area contributed by atoms with Gasteiger partial charge in [-0.2, -0.15) is 0 Å². The molecule has 1 N–H and O–H groups in total. The Kier molecular flexibility index (Phi) is 4.54. The van der Waals surface area contributed by atoms with Crippen molar-refractivity contribution in [2.75, 3.05) is 13.2 Å². The average molecular weight is 315 g/mol. The van der Waals surface area contributed by atoms with Crippen LogP contribution in [0.5, 0.6) is 5.75 Å². The lowest BCUT2D eigenvalue weighted by Crippen LogP contribution is -2.19. The Morgan fingerprint density at radius 3 is 2.94 bits per heavy atom. The standard InChI is InChI=1S/C12H15BrN2O3/c13-12-10(15(16)17)3-1-4-11(12)18-8-2-7-14-9-5-6-9/h1,3-4,9,14H,2,5-8H2. The molecular formula is C12H15BrN2O3. The Bertz CT molecular complexity index is 435. The first-order valence-electron chi connectivity index (χ1n) is 5.97. The van der Waals surface area contributed by atoms with Gasteiger partial charge >= 0.3 is 0 Å². The van der Waals surface area contributed by atoms with Crippen molar-refractivity contribution in [3.8, 4) is 5.75 Å². The van der Waals surface area contributed by atoms with E-state index < -0.39 is 4.92 Å². The second-order valence-electron chi connectivity index (χ2n) is 4.28. The van der Waals surface area contributed by atoms with Crippen molar-refractivity contribution < 1.29 is 9.66 Å². The summed E-state index contributed by atoms with van der Waals surface area (Å²) in [5, 5.41) is 14.1. The van der Waals surface area contributed by atoms with Gasteiger partial charge in [-0.3, -0.25) is 10.1 Å². The molecule has 0 aliphatic heterocycles. The second-order valence-corrected chi connectivity index (χ2v) is 5.07. The molecule has 0 radical (unpaired) electrons. The van der Waals surface area contributed by atoms with Crippen molar-refractivity contribution in [2.45, 2.75) is 25.3 Å². The number of nitro groups is 1. The molecule has 0 saturated heterocycles. The molecule has 0 heterocycles. The van der Waals surface area contributed by atoms with Crippen LogP contribution in [0.3, 0.4) is 0 Å². The summed E-state index contributed by atoms with van der Waals surface area (Å²) in [6.07, 6.45) is 3.44. The third kappa shape index (κ3) is 3.68. The highest BCUT2D eigenvalue weighted by Gasteiger charge is 2.19. The van der Waals surface area contributed by atoms with Gasteiger partial charge in [0.15, 0.2) is 0 Å². The van der Waals surface area contributed by atoms with Gasteiger partial charge in [-0.25, -0.2) is 0 Å². The first-order valence-corrected chi connectivity index (χ1v) is 6.77. The van der Waals surface area contributed by atoms with E-state index in [1.54, 1.807) is 12.1 Å². The van der Waals surface area contributed by atoms with Crippen LogP contribution in [0.25, 0.3) is 0 Å². The lowest BCUT2D eigenvalue weighted by Gasteiger charge is -2.08. The fraction of sp³-hybridized carbons (Fsp3) is 0.500. The van der Waals surface area contributed by atoms with E-state index in [1.165, 1.54) is 18.9 Å². The zero-order valence-electron chi connectivity index (χ0n) is 9.89. The molecule has 0 unspecified atom stereocenters. The van der Waals surface area contributed by atoms with E-state index >= 15 is 0 Å². The van der Waals surface area contributed by atoms with Gasteiger partial charge in [0.1, 0.15) is 10.2 Å². The quantitative estimate of drug-likeness (QED) is 0.477. The minimum absolute atomic E-state index is 0.0311. The third-order valence-electron chi connectivity index (χ3n) is 2.73. The zero-order valence-corrected chi connectivity index (χ0v) is 11.5. The molecule has 0 spiro atoms. The smallest absolute Gasteiger partial charge is 0.287 e. The maximum absolute atomic E-state index is 10.7. The zero-order chi connectivity index (χ0) is 13.0. The second kappa shape index (κ2) is 6.15. The molecule has 0 bridgehead atoms. The summed E-state index contributed by atoms with van der Waals surface area (Å²) in [5.74, 6) is 0.524. The van der Waals surface area contributed by atoms with E-state index in [2.05, 4.69) is 21.2 Å². The molecule has 1 fully saturated rings. The normalized spacial score (nSPS) is 14.5. The van der Waals surface area contributed by atoms with Crippen molar-refractivity contribution in [3.05, 3.63) is 32.8 Å². The summed E-state index contributed by atoms with van der Waals surface area (Å²) < 4.78 is 5.95. The van der Waals surface area contributed by atoms with Crippen LogP contribution in [0.15, 0.2) is 22.7 Å². The lowest BCUT2D eigenvalue weighted by molar-refractivity contribution is -0.385. The van der Waals surface area contributed by atoms with E-state index in [4.69, 9.17) is 4.74 Å². The van der Waals surface area contributed by atoms with Crippen LogP contribution in [0, 0.1) is 10.1 Å². The van der Waals surface area contributed by atoms with Crippen molar-refractivity contribution >= 4 is 21.6 Å². The van der Waals surface area contributed by atoms with Gasteiger partial charge < -0.3 is 10.1 Å². The number of benzene rings is 1. The van der Waals surface area contributed by atoms with E-state index in [0.29, 0.717) is 22.9 Å². The highest BCUT2D eigenvalue weighted by Crippen LogP contribution is 2.33. The molecule has 6 heteroatoms. The fourth-order valence-electron chi connectivity index (χ4n) is 1.60. The maximum Gasteiger partial charge on any atom is 0.287 e. The predicted molar refractivity (Wildman–Crippen MR) is 71.9 cm³/mol. The van der Waals surface area contributed by atoms with Crippen LogP contribution in [0.1, 0.15) is 19.3 Å². The van der Waals surface area contributed by atoms with E-state index in [-0.39, 0.29) is 5.69 Å². The Hall–Kier alpha value is -1.14. The number of nitro benzene ring substituents is 1. The van der Waals surface area contributed by atoms with Crippen LogP contribution in [-0.2, 0) is 0 Å². The molecule has 0 amide bonds. The molecule has 1 aromatic rings. The topological polar surface area (TPSA) is 64.4 Å². The van der Waals surface area contributed by atoms with Gasteiger partial charge in [0.05, 0.1) is 11.5 Å². The molecule has 0 aromatic heterocycles. The minimum Gasteiger partial charge on any atom is -0.492 e. The molecule has 5 nitrogen and oxygen atoms in total. The number of hydrogen-bond donors (Lipinski definition) is 1. The van der Waals surface area contributed by atoms with Crippen molar-refractivity contribution in [1.29, 1.82) is 0 Å². The van der Waals surface area contributed by atoms with Crippen LogP contribution in [0.4, 0.5) is 5.69 Å². The Morgan fingerprint density at radius 2 is 2.28 bits per heavy atom. The van der Waals surface area contributed by atoms with Gasteiger partial charge in [-0.15, -0.1) is 0 Å². The third-order valence-corrected chi connectivity index (χ3v) is 3.53. The number of ether oxygens (including phenoxy) is 1. The van der Waals surface area contributed by atoms with Crippen LogP contribution in [-0.4, -0.2) is 24.1 Å². The highest BCUT2D eigenvalue weighted by atomic mass is 79.9. The largest absolute Gasteiger partial charge is 0.492 e. The van der Waals surface area contributed by atoms with Gasteiger partial charge in [0.2, 0.25) is 0 Å². The Morgan fingerprint density at radius 1 is 1.50 bits per heavy atom.